The van der Waals surface area contributed by atoms with Gasteiger partial charge in [-0.15, -0.1) is 0 Å². The predicted octanol–water partition coefficient (Wildman–Crippen LogP) is 5.33. The van der Waals surface area contributed by atoms with E-state index >= 15 is 0 Å². The zero-order chi connectivity index (χ0) is 17.5. The highest BCUT2D eigenvalue weighted by Crippen LogP contribution is 2.60. The molecule has 0 aromatic heterocycles. The van der Waals surface area contributed by atoms with Gasteiger partial charge in [-0.2, -0.15) is 0 Å². The zero-order valence-corrected chi connectivity index (χ0v) is 16.1. The third-order valence-corrected chi connectivity index (χ3v) is 7.43. The van der Waals surface area contributed by atoms with Gasteiger partial charge in [0.15, 0.2) is 0 Å². The Bertz CT molecular complexity index is 586. The summed E-state index contributed by atoms with van der Waals surface area (Å²) < 4.78 is 5.42. The Balaban J connectivity index is 1.98. The van der Waals surface area contributed by atoms with E-state index in [0.717, 1.165) is 25.0 Å². The van der Waals surface area contributed by atoms with E-state index in [0.29, 0.717) is 17.8 Å². The first-order valence-corrected chi connectivity index (χ1v) is 9.77. The van der Waals surface area contributed by atoms with E-state index in [4.69, 9.17) is 4.74 Å². The van der Waals surface area contributed by atoms with E-state index in [1.165, 1.54) is 24.8 Å². The molecule has 0 amide bonds. The molecule has 3 rings (SSSR count). The van der Waals surface area contributed by atoms with Gasteiger partial charge in [0.2, 0.25) is 0 Å². The molecule has 2 heteroatoms. The predicted molar refractivity (Wildman–Crippen MR) is 99.6 cm³/mol. The third kappa shape index (κ3) is 2.58. The van der Waals surface area contributed by atoms with Gasteiger partial charge in [0.1, 0.15) is 5.75 Å². The van der Waals surface area contributed by atoms with Crippen molar-refractivity contribution in [2.45, 2.75) is 77.7 Å². The standard InChI is InChI=1S/C22H34O2/c1-6-20-19-10-8-15-14-16(24-5)9-11-17(15)18(19)12-13-22(20,7-2)21(3,4)23/h9,11,14,18-20,23H,6-8,10,12-13H2,1-5H3/t18-,19-,20?,22?/m1/s1. The minimum Gasteiger partial charge on any atom is -0.497 e. The summed E-state index contributed by atoms with van der Waals surface area (Å²) in [5, 5.41) is 11.0. The van der Waals surface area contributed by atoms with Gasteiger partial charge in [0, 0.05) is 5.41 Å². The van der Waals surface area contributed by atoms with Crippen LogP contribution in [0.4, 0.5) is 0 Å². The van der Waals surface area contributed by atoms with Crippen LogP contribution in [0.2, 0.25) is 0 Å². The van der Waals surface area contributed by atoms with E-state index < -0.39 is 5.60 Å². The van der Waals surface area contributed by atoms with E-state index in [-0.39, 0.29) is 5.41 Å². The molecule has 2 unspecified atom stereocenters. The maximum Gasteiger partial charge on any atom is 0.119 e. The number of methoxy groups -OCH3 is 1. The smallest absolute Gasteiger partial charge is 0.119 e. The number of hydrogen-bond acceptors (Lipinski definition) is 2. The summed E-state index contributed by atoms with van der Waals surface area (Å²) in [6.45, 7) is 8.69. The Labute approximate surface area is 147 Å². The molecule has 1 N–H and O–H groups in total. The van der Waals surface area contributed by atoms with Crippen LogP contribution in [0.3, 0.4) is 0 Å². The van der Waals surface area contributed by atoms with Crippen LogP contribution in [-0.4, -0.2) is 17.8 Å². The highest BCUT2D eigenvalue weighted by atomic mass is 16.5. The summed E-state index contributed by atoms with van der Waals surface area (Å²) in [7, 11) is 1.75. The van der Waals surface area contributed by atoms with Crippen molar-refractivity contribution < 1.29 is 9.84 Å². The van der Waals surface area contributed by atoms with Crippen LogP contribution in [0.5, 0.6) is 5.75 Å². The molecule has 0 saturated heterocycles. The lowest BCUT2D eigenvalue weighted by atomic mass is 9.48. The first-order valence-electron chi connectivity index (χ1n) is 9.77. The minimum absolute atomic E-state index is 0.0624. The monoisotopic (exact) mass is 330 g/mol. The number of hydrogen-bond donors (Lipinski definition) is 1. The van der Waals surface area contributed by atoms with Gasteiger partial charge in [-0.1, -0.05) is 26.3 Å². The molecular weight excluding hydrogens is 296 g/mol. The third-order valence-electron chi connectivity index (χ3n) is 7.43. The molecule has 1 aromatic carbocycles. The normalized spacial score (nSPS) is 32.8. The van der Waals surface area contributed by atoms with Crippen molar-refractivity contribution in [1.29, 1.82) is 0 Å². The van der Waals surface area contributed by atoms with Gasteiger partial charge in [0.05, 0.1) is 12.7 Å². The van der Waals surface area contributed by atoms with E-state index in [2.05, 4.69) is 32.0 Å². The van der Waals surface area contributed by atoms with E-state index in [9.17, 15) is 5.11 Å². The summed E-state index contributed by atoms with van der Waals surface area (Å²) in [5.74, 6) is 2.95. The molecule has 2 aliphatic carbocycles. The van der Waals surface area contributed by atoms with Crippen LogP contribution in [0.25, 0.3) is 0 Å². The number of ether oxygens (including phenoxy) is 1. The Morgan fingerprint density at radius 1 is 1.25 bits per heavy atom. The maximum absolute atomic E-state index is 11.0. The molecule has 0 aliphatic heterocycles. The van der Waals surface area contributed by atoms with E-state index in [1.807, 2.05) is 13.8 Å². The molecule has 1 aromatic rings. The average Bonchev–Trinajstić information content (AvgIpc) is 2.58. The van der Waals surface area contributed by atoms with Crippen LogP contribution in [0.15, 0.2) is 18.2 Å². The van der Waals surface area contributed by atoms with Gasteiger partial charge >= 0.3 is 0 Å². The molecule has 1 saturated carbocycles. The summed E-state index contributed by atoms with van der Waals surface area (Å²) in [6, 6.07) is 6.67. The number of aryl methyl sites for hydroxylation is 1. The molecule has 2 nitrogen and oxygen atoms in total. The van der Waals surface area contributed by atoms with Gasteiger partial charge in [-0.05, 0) is 87.0 Å². The summed E-state index contributed by atoms with van der Waals surface area (Å²) in [5.41, 5.74) is 2.49. The minimum atomic E-state index is -0.604. The highest BCUT2D eigenvalue weighted by Gasteiger charge is 2.55. The van der Waals surface area contributed by atoms with Crippen LogP contribution in [-0.2, 0) is 6.42 Å². The second kappa shape index (κ2) is 6.37. The fourth-order valence-electron chi connectivity index (χ4n) is 6.23. The molecule has 0 spiro atoms. The molecule has 24 heavy (non-hydrogen) atoms. The molecule has 0 bridgehead atoms. The summed E-state index contributed by atoms with van der Waals surface area (Å²) in [6.07, 6.45) is 6.99. The SMILES string of the molecule is CCC1[C@@H]2CCc3cc(OC)ccc3[C@H]2CCC1(CC)C(C)(C)O. The highest BCUT2D eigenvalue weighted by molar-refractivity contribution is 5.40. The Hall–Kier alpha value is -1.02. The number of rotatable bonds is 4. The second-order valence-electron chi connectivity index (χ2n) is 8.50. The van der Waals surface area contributed by atoms with Crippen molar-refractivity contribution in [2.75, 3.05) is 7.11 Å². The van der Waals surface area contributed by atoms with Crippen molar-refractivity contribution in [3.05, 3.63) is 29.3 Å². The Morgan fingerprint density at radius 3 is 2.58 bits per heavy atom. The van der Waals surface area contributed by atoms with Crippen molar-refractivity contribution in [1.82, 2.24) is 0 Å². The van der Waals surface area contributed by atoms with Gasteiger partial charge in [0.25, 0.3) is 0 Å². The quantitative estimate of drug-likeness (QED) is 0.808. The van der Waals surface area contributed by atoms with Crippen LogP contribution in [0.1, 0.15) is 76.8 Å². The fourth-order valence-corrected chi connectivity index (χ4v) is 6.23. The summed E-state index contributed by atoms with van der Waals surface area (Å²) in [4.78, 5) is 0. The lowest BCUT2D eigenvalue weighted by Crippen LogP contribution is -2.54. The van der Waals surface area contributed by atoms with Crippen LogP contribution in [0, 0.1) is 17.3 Å². The van der Waals surface area contributed by atoms with Gasteiger partial charge < -0.3 is 9.84 Å². The average molecular weight is 331 g/mol. The van der Waals surface area contributed by atoms with Crippen LogP contribution < -0.4 is 4.74 Å². The lowest BCUT2D eigenvalue weighted by Gasteiger charge is -2.58. The number of benzene rings is 1. The molecule has 4 atom stereocenters. The molecule has 0 heterocycles. The topological polar surface area (TPSA) is 29.5 Å². The molecule has 1 fully saturated rings. The first-order chi connectivity index (χ1) is 11.4. The maximum atomic E-state index is 11.0. The second-order valence-corrected chi connectivity index (χ2v) is 8.50. The van der Waals surface area contributed by atoms with Crippen molar-refractivity contribution in [2.24, 2.45) is 17.3 Å². The van der Waals surface area contributed by atoms with Crippen molar-refractivity contribution in [3.63, 3.8) is 0 Å². The number of fused-ring (bicyclic) bond motifs is 3. The molecular formula is C22H34O2. The molecule has 2 aliphatic rings. The summed E-state index contributed by atoms with van der Waals surface area (Å²) >= 11 is 0. The Kier molecular flexibility index (Phi) is 4.72. The molecule has 0 radical (unpaired) electrons. The largest absolute Gasteiger partial charge is 0.497 e. The first kappa shape index (κ1) is 17.8. The number of aliphatic hydroxyl groups is 1. The van der Waals surface area contributed by atoms with Gasteiger partial charge in [-0.25, -0.2) is 0 Å². The van der Waals surface area contributed by atoms with Crippen LogP contribution >= 0.6 is 0 Å². The molecule has 134 valence electrons. The van der Waals surface area contributed by atoms with Crippen molar-refractivity contribution in [3.8, 4) is 5.75 Å². The fraction of sp³-hybridized carbons (Fsp3) is 0.727. The van der Waals surface area contributed by atoms with E-state index in [1.54, 1.807) is 12.7 Å². The lowest BCUT2D eigenvalue weighted by molar-refractivity contribution is -0.137. The zero-order valence-electron chi connectivity index (χ0n) is 16.1. The van der Waals surface area contributed by atoms with Crippen molar-refractivity contribution >= 4 is 0 Å². The Morgan fingerprint density at radius 2 is 2.00 bits per heavy atom. The van der Waals surface area contributed by atoms with Gasteiger partial charge in [-0.3, -0.25) is 0 Å².